The first-order valence-electron chi connectivity index (χ1n) is 6.39. The van der Waals surface area contributed by atoms with E-state index in [0.717, 1.165) is 4.31 Å². The summed E-state index contributed by atoms with van der Waals surface area (Å²) in [4.78, 5) is 0.160. The molecule has 2 aromatic heterocycles. The summed E-state index contributed by atoms with van der Waals surface area (Å²) in [5.41, 5.74) is 0.522. The largest absolute Gasteiger partial charge is 0.459 e. The van der Waals surface area contributed by atoms with E-state index in [9.17, 15) is 8.42 Å². The van der Waals surface area contributed by atoms with Gasteiger partial charge in [0.2, 0.25) is 15.9 Å². The van der Waals surface area contributed by atoms with Crippen molar-refractivity contribution in [3.63, 3.8) is 0 Å². The minimum Gasteiger partial charge on any atom is -0.459 e. The summed E-state index contributed by atoms with van der Waals surface area (Å²) in [5.74, 6) is 0.916. The van der Waals surface area contributed by atoms with Gasteiger partial charge in [-0.05, 0) is 30.3 Å². The highest BCUT2D eigenvalue weighted by atomic mass is 32.2. The molecule has 0 radical (unpaired) electrons. The fourth-order valence-corrected chi connectivity index (χ4v) is 2.79. The van der Waals surface area contributed by atoms with Crippen LogP contribution in [0, 0.1) is 0 Å². The highest BCUT2D eigenvalue weighted by molar-refractivity contribution is 7.89. The molecule has 0 saturated carbocycles. The van der Waals surface area contributed by atoms with E-state index in [1.165, 1.54) is 32.5 Å². The Morgan fingerprint density at radius 2 is 1.82 bits per heavy atom. The lowest BCUT2D eigenvalue weighted by Crippen LogP contribution is -2.22. The Hall–Kier alpha value is -2.45. The maximum Gasteiger partial charge on any atom is 0.283 e. The third-order valence-electron chi connectivity index (χ3n) is 3.02. The van der Waals surface area contributed by atoms with E-state index in [2.05, 4.69) is 10.2 Å². The predicted octanol–water partition coefficient (Wildman–Crippen LogP) is 2.25. The van der Waals surface area contributed by atoms with Crippen LogP contribution in [0.2, 0.25) is 0 Å². The fourth-order valence-electron chi connectivity index (χ4n) is 1.84. The second-order valence-electron chi connectivity index (χ2n) is 4.70. The van der Waals surface area contributed by atoms with Crippen LogP contribution in [0.15, 0.2) is 56.4 Å². The van der Waals surface area contributed by atoms with Gasteiger partial charge in [-0.3, -0.25) is 0 Å². The van der Waals surface area contributed by atoms with Crippen LogP contribution in [-0.4, -0.2) is 37.0 Å². The van der Waals surface area contributed by atoms with Gasteiger partial charge in [0.25, 0.3) is 5.89 Å². The van der Waals surface area contributed by atoms with Crippen LogP contribution in [0.3, 0.4) is 0 Å². The van der Waals surface area contributed by atoms with E-state index in [4.69, 9.17) is 8.83 Å². The quantitative estimate of drug-likeness (QED) is 0.732. The standard InChI is InChI=1S/C14H13N3O4S/c1-17(2)22(18,19)11-6-3-5-10(9-11)13-15-16-14(21-13)12-7-4-8-20-12/h3-9H,1-2H3. The zero-order chi connectivity index (χ0) is 15.7. The average molecular weight is 319 g/mol. The highest BCUT2D eigenvalue weighted by Gasteiger charge is 2.19. The van der Waals surface area contributed by atoms with Gasteiger partial charge in [-0.1, -0.05) is 6.07 Å². The highest BCUT2D eigenvalue weighted by Crippen LogP contribution is 2.26. The first-order valence-corrected chi connectivity index (χ1v) is 7.83. The first-order chi connectivity index (χ1) is 10.5. The van der Waals surface area contributed by atoms with Crippen molar-refractivity contribution in [3.8, 4) is 23.1 Å². The molecule has 2 heterocycles. The zero-order valence-electron chi connectivity index (χ0n) is 11.9. The van der Waals surface area contributed by atoms with Gasteiger partial charge in [-0.2, -0.15) is 0 Å². The maximum absolute atomic E-state index is 12.2. The molecule has 3 aromatic rings. The normalized spacial score (nSPS) is 12.0. The van der Waals surface area contributed by atoms with Crippen molar-refractivity contribution in [1.29, 1.82) is 0 Å². The number of aromatic nitrogens is 2. The van der Waals surface area contributed by atoms with Crippen molar-refractivity contribution in [2.24, 2.45) is 0 Å². The molecule has 0 fully saturated rings. The molecule has 0 N–H and O–H groups in total. The molecule has 0 aliphatic carbocycles. The van der Waals surface area contributed by atoms with Crippen molar-refractivity contribution in [2.75, 3.05) is 14.1 Å². The third-order valence-corrected chi connectivity index (χ3v) is 4.83. The van der Waals surface area contributed by atoms with Crippen molar-refractivity contribution in [2.45, 2.75) is 4.90 Å². The lowest BCUT2D eigenvalue weighted by molar-refractivity contribution is 0.520. The molecule has 0 aliphatic rings. The Morgan fingerprint density at radius 1 is 1.05 bits per heavy atom. The van der Waals surface area contributed by atoms with Crippen LogP contribution in [0.5, 0.6) is 0 Å². The fraction of sp³-hybridized carbons (Fsp3) is 0.143. The Bertz CT molecular complexity index is 882. The number of rotatable bonds is 4. The monoisotopic (exact) mass is 319 g/mol. The van der Waals surface area contributed by atoms with Crippen LogP contribution < -0.4 is 0 Å². The van der Waals surface area contributed by atoms with Crippen LogP contribution in [0.4, 0.5) is 0 Å². The van der Waals surface area contributed by atoms with Crippen LogP contribution in [-0.2, 0) is 10.0 Å². The summed E-state index contributed by atoms with van der Waals surface area (Å²) < 4.78 is 36.1. The molecule has 0 saturated heterocycles. The molecular weight excluding hydrogens is 306 g/mol. The number of hydrogen-bond acceptors (Lipinski definition) is 6. The average Bonchev–Trinajstić information content (AvgIpc) is 3.18. The van der Waals surface area contributed by atoms with Gasteiger partial charge >= 0.3 is 0 Å². The molecule has 3 rings (SSSR count). The number of benzene rings is 1. The SMILES string of the molecule is CN(C)S(=O)(=O)c1cccc(-c2nnc(-c3ccco3)o2)c1. The summed E-state index contributed by atoms with van der Waals surface area (Å²) in [6.07, 6.45) is 1.50. The van der Waals surface area contributed by atoms with E-state index in [-0.39, 0.29) is 16.7 Å². The Balaban J connectivity index is 2.00. The summed E-state index contributed by atoms with van der Waals surface area (Å²) in [5, 5.41) is 7.82. The minimum atomic E-state index is -3.52. The molecule has 0 unspecified atom stereocenters. The van der Waals surface area contributed by atoms with Gasteiger partial charge < -0.3 is 8.83 Å². The predicted molar refractivity (Wildman–Crippen MR) is 78.3 cm³/mol. The van der Waals surface area contributed by atoms with Gasteiger partial charge in [0, 0.05) is 19.7 Å². The second-order valence-corrected chi connectivity index (χ2v) is 6.86. The molecule has 0 aliphatic heterocycles. The molecule has 114 valence electrons. The van der Waals surface area contributed by atoms with E-state index in [1.807, 2.05) is 0 Å². The van der Waals surface area contributed by atoms with Crippen molar-refractivity contribution in [3.05, 3.63) is 42.7 Å². The molecule has 22 heavy (non-hydrogen) atoms. The molecule has 0 amide bonds. The smallest absolute Gasteiger partial charge is 0.283 e. The minimum absolute atomic E-state index is 0.160. The van der Waals surface area contributed by atoms with Crippen LogP contribution >= 0.6 is 0 Å². The van der Waals surface area contributed by atoms with E-state index >= 15 is 0 Å². The van der Waals surface area contributed by atoms with E-state index in [0.29, 0.717) is 11.3 Å². The molecular formula is C14H13N3O4S. The lowest BCUT2D eigenvalue weighted by Gasteiger charge is -2.11. The van der Waals surface area contributed by atoms with E-state index in [1.54, 1.807) is 24.3 Å². The molecule has 0 spiro atoms. The van der Waals surface area contributed by atoms with Gasteiger partial charge in [0.15, 0.2) is 5.76 Å². The topological polar surface area (TPSA) is 89.4 Å². The number of hydrogen-bond donors (Lipinski definition) is 0. The summed E-state index contributed by atoms with van der Waals surface area (Å²) >= 11 is 0. The Morgan fingerprint density at radius 3 is 2.50 bits per heavy atom. The maximum atomic E-state index is 12.2. The van der Waals surface area contributed by atoms with Crippen LogP contribution in [0.25, 0.3) is 23.1 Å². The molecule has 8 heteroatoms. The summed E-state index contributed by atoms with van der Waals surface area (Å²) in [7, 11) is -0.567. The summed E-state index contributed by atoms with van der Waals surface area (Å²) in [6, 6.07) is 9.75. The van der Waals surface area contributed by atoms with Gasteiger partial charge in [0.1, 0.15) is 0 Å². The van der Waals surface area contributed by atoms with Crippen molar-refractivity contribution >= 4 is 10.0 Å². The van der Waals surface area contributed by atoms with Crippen molar-refractivity contribution < 1.29 is 17.3 Å². The second kappa shape index (κ2) is 5.39. The Kier molecular flexibility index (Phi) is 3.55. The van der Waals surface area contributed by atoms with Crippen molar-refractivity contribution in [1.82, 2.24) is 14.5 Å². The zero-order valence-corrected chi connectivity index (χ0v) is 12.7. The van der Waals surface area contributed by atoms with E-state index < -0.39 is 10.0 Å². The van der Waals surface area contributed by atoms with Gasteiger partial charge in [0.05, 0.1) is 11.2 Å². The molecule has 0 atom stereocenters. The molecule has 7 nitrogen and oxygen atoms in total. The number of furan rings is 1. The Labute approximate surface area is 127 Å². The van der Waals surface area contributed by atoms with Crippen LogP contribution in [0.1, 0.15) is 0 Å². The number of sulfonamides is 1. The molecule has 0 bridgehead atoms. The first kappa shape index (κ1) is 14.5. The number of nitrogens with zero attached hydrogens (tertiary/aromatic N) is 3. The summed E-state index contributed by atoms with van der Waals surface area (Å²) in [6.45, 7) is 0. The molecule has 1 aromatic carbocycles. The van der Waals surface area contributed by atoms with Gasteiger partial charge in [-0.25, -0.2) is 12.7 Å². The van der Waals surface area contributed by atoms with Gasteiger partial charge in [-0.15, -0.1) is 10.2 Å². The third kappa shape index (κ3) is 2.53. The lowest BCUT2D eigenvalue weighted by atomic mass is 10.2.